The van der Waals surface area contributed by atoms with E-state index in [1.54, 1.807) is 25.3 Å². The van der Waals surface area contributed by atoms with E-state index < -0.39 is 0 Å². The summed E-state index contributed by atoms with van der Waals surface area (Å²) in [6.07, 6.45) is 3.96. The maximum absolute atomic E-state index is 13.4. The lowest BCUT2D eigenvalue weighted by atomic mass is 10.2. The molecule has 0 aliphatic rings. The molecule has 2 aromatic rings. The molecule has 0 spiro atoms. The van der Waals surface area contributed by atoms with E-state index in [9.17, 15) is 4.39 Å². The molecule has 0 saturated heterocycles. The predicted molar refractivity (Wildman–Crippen MR) is 95.9 cm³/mol. The highest BCUT2D eigenvalue weighted by molar-refractivity contribution is 5.55. The number of hydrogen-bond acceptors (Lipinski definition) is 4. The van der Waals surface area contributed by atoms with E-state index in [1.165, 1.54) is 6.07 Å². The summed E-state index contributed by atoms with van der Waals surface area (Å²) in [4.78, 5) is 0. The molecule has 5 heteroatoms. The normalized spacial score (nSPS) is 10.8. The van der Waals surface area contributed by atoms with E-state index in [2.05, 4.69) is 0 Å². The van der Waals surface area contributed by atoms with Crippen molar-refractivity contribution in [1.29, 1.82) is 0 Å². The Labute approximate surface area is 147 Å². The van der Waals surface area contributed by atoms with Crippen molar-refractivity contribution in [2.24, 2.45) is 0 Å². The Morgan fingerprint density at radius 1 is 0.880 bits per heavy atom. The molecule has 0 radical (unpaired) electrons. The zero-order valence-electron chi connectivity index (χ0n) is 14.5. The molecule has 0 fully saturated rings. The Morgan fingerprint density at radius 3 is 2.28 bits per heavy atom. The van der Waals surface area contributed by atoms with Gasteiger partial charge in [-0.3, -0.25) is 0 Å². The first-order chi connectivity index (χ1) is 12.2. The van der Waals surface area contributed by atoms with Gasteiger partial charge in [0, 0.05) is 0 Å². The predicted octanol–water partition coefficient (Wildman–Crippen LogP) is 4.34. The van der Waals surface area contributed by atoms with Crippen LogP contribution in [0.2, 0.25) is 0 Å². The van der Waals surface area contributed by atoms with Crippen molar-refractivity contribution in [2.45, 2.75) is 6.92 Å². The third-order valence-electron chi connectivity index (χ3n) is 3.35. The fraction of sp³-hybridized carbons (Fsp3) is 0.300. The summed E-state index contributed by atoms with van der Waals surface area (Å²) in [5, 5.41) is 0. The molecule has 0 aromatic heterocycles. The number of benzene rings is 2. The van der Waals surface area contributed by atoms with Gasteiger partial charge in [0.25, 0.3) is 0 Å². The van der Waals surface area contributed by atoms with Crippen molar-refractivity contribution in [3.05, 3.63) is 59.9 Å². The molecule has 4 nitrogen and oxygen atoms in total. The van der Waals surface area contributed by atoms with Gasteiger partial charge in [0.05, 0.1) is 20.3 Å². The number of methoxy groups -OCH3 is 1. The van der Waals surface area contributed by atoms with Crippen molar-refractivity contribution in [2.75, 3.05) is 33.5 Å². The molecule has 0 amide bonds. The van der Waals surface area contributed by atoms with Crippen LogP contribution in [0.15, 0.2) is 48.5 Å². The Hall–Kier alpha value is -2.53. The summed E-state index contributed by atoms with van der Waals surface area (Å²) in [5.41, 5.74) is 1.05. The van der Waals surface area contributed by atoms with Gasteiger partial charge in [0.1, 0.15) is 13.2 Å². The molecule has 0 heterocycles. The smallest absolute Gasteiger partial charge is 0.165 e. The first kappa shape index (κ1) is 18.8. The molecule has 0 unspecified atom stereocenters. The van der Waals surface area contributed by atoms with Crippen LogP contribution < -0.4 is 14.2 Å². The largest absolute Gasteiger partial charge is 0.493 e. The van der Waals surface area contributed by atoms with E-state index in [1.807, 2.05) is 37.3 Å². The second kappa shape index (κ2) is 10.4. The highest BCUT2D eigenvalue weighted by Gasteiger charge is 2.05. The summed E-state index contributed by atoms with van der Waals surface area (Å²) in [7, 11) is 1.61. The van der Waals surface area contributed by atoms with Crippen LogP contribution in [0, 0.1) is 5.82 Å². The maximum Gasteiger partial charge on any atom is 0.165 e. The minimum atomic E-state index is -0.376. The lowest BCUT2D eigenvalue weighted by molar-refractivity contribution is 0.0748. The van der Waals surface area contributed by atoms with Crippen molar-refractivity contribution in [3.63, 3.8) is 0 Å². The number of hydrogen-bond donors (Lipinski definition) is 0. The minimum Gasteiger partial charge on any atom is -0.493 e. The first-order valence-electron chi connectivity index (χ1n) is 8.13. The zero-order valence-corrected chi connectivity index (χ0v) is 14.5. The highest BCUT2D eigenvalue weighted by atomic mass is 19.1. The molecule has 0 aliphatic heterocycles. The highest BCUT2D eigenvalue weighted by Crippen LogP contribution is 2.28. The summed E-state index contributed by atoms with van der Waals surface area (Å²) in [5.74, 6) is 1.20. The third-order valence-corrected chi connectivity index (χ3v) is 3.35. The molecule has 25 heavy (non-hydrogen) atoms. The van der Waals surface area contributed by atoms with Gasteiger partial charge in [-0.2, -0.15) is 0 Å². The van der Waals surface area contributed by atoms with Crippen LogP contribution in [0.1, 0.15) is 12.5 Å². The van der Waals surface area contributed by atoms with E-state index in [0.717, 1.165) is 5.56 Å². The molecule has 134 valence electrons. The van der Waals surface area contributed by atoms with Gasteiger partial charge < -0.3 is 18.9 Å². The van der Waals surface area contributed by atoms with Crippen molar-refractivity contribution >= 4 is 6.08 Å². The van der Waals surface area contributed by atoms with Gasteiger partial charge >= 0.3 is 0 Å². The lowest BCUT2D eigenvalue weighted by Crippen LogP contribution is -2.12. The molecule has 0 aliphatic carbocycles. The summed E-state index contributed by atoms with van der Waals surface area (Å²) >= 11 is 0. The van der Waals surface area contributed by atoms with Gasteiger partial charge in [-0.1, -0.05) is 30.4 Å². The van der Waals surface area contributed by atoms with Gasteiger partial charge in [0.2, 0.25) is 0 Å². The molecule has 2 aromatic carbocycles. The fourth-order valence-electron chi connectivity index (χ4n) is 2.18. The van der Waals surface area contributed by atoms with Crippen LogP contribution in [0.25, 0.3) is 6.08 Å². The van der Waals surface area contributed by atoms with Gasteiger partial charge in [-0.15, -0.1) is 0 Å². The van der Waals surface area contributed by atoms with E-state index in [4.69, 9.17) is 18.9 Å². The maximum atomic E-state index is 13.4. The SMILES string of the molecule is C/C=C/c1ccc(OCCOCCOc2ccccc2F)c(OC)c1. The number of ether oxygens (including phenoxy) is 4. The number of rotatable bonds is 10. The topological polar surface area (TPSA) is 36.9 Å². The van der Waals surface area contributed by atoms with Crippen LogP contribution in [-0.2, 0) is 4.74 Å². The standard InChI is InChI=1S/C20H23FO4/c1-3-6-16-9-10-19(20(15-16)22-2)25-14-12-23-11-13-24-18-8-5-4-7-17(18)21/h3-10,15H,11-14H2,1-2H3/b6-3+. The Morgan fingerprint density at radius 2 is 1.60 bits per heavy atom. The van der Waals surface area contributed by atoms with E-state index in [0.29, 0.717) is 31.3 Å². The van der Waals surface area contributed by atoms with Crippen LogP contribution in [-0.4, -0.2) is 33.5 Å². The zero-order chi connectivity index (χ0) is 17.9. The molecule has 0 saturated carbocycles. The molecular formula is C20H23FO4. The molecule has 0 N–H and O–H groups in total. The van der Waals surface area contributed by atoms with Crippen LogP contribution in [0.5, 0.6) is 17.2 Å². The monoisotopic (exact) mass is 346 g/mol. The van der Waals surface area contributed by atoms with Crippen LogP contribution >= 0.6 is 0 Å². The molecule has 0 atom stereocenters. The Kier molecular flexibility index (Phi) is 7.79. The van der Waals surface area contributed by atoms with Gasteiger partial charge in [0.15, 0.2) is 23.1 Å². The Bertz CT molecular complexity index is 685. The van der Waals surface area contributed by atoms with Crippen molar-refractivity contribution in [3.8, 4) is 17.2 Å². The third kappa shape index (κ3) is 6.12. The summed E-state index contributed by atoms with van der Waals surface area (Å²) in [6, 6.07) is 12.0. The van der Waals surface area contributed by atoms with Crippen molar-refractivity contribution < 1.29 is 23.3 Å². The van der Waals surface area contributed by atoms with E-state index >= 15 is 0 Å². The summed E-state index contributed by atoms with van der Waals surface area (Å²) < 4.78 is 35.1. The van der Waals surface area contributed by atoms with Gasteiger partial charge in [-0.05, 0) is 36.8 Å². The van der Waals surface area contributed by atoms with Crippen LogP contribution in [0.3, 0.4) is 0 Å². The average molecular weight is 346 g/mol. The molecule has 0 bridgehead atoms. The van der Waals surface area contributed by atoms with Crippen LogP contribution in [0.4, 0.5) is 4.39 Å². The number of allylic oxidation sites excluding steroid dienone is 1. The number of halogens is 1. The second-order valence-corrected chi connectivity index (χ2v) is 5.15. The number of para-hydroxylation sites is 1. The molecule has 2 rings (SSSR count). The molecular weight excluding hydrogens is 323 g/mol. The minimum absolute atomic E-state index is 0.230. The quantitative estimate of drug-likeness (QED) is 0.600. The fourth-order valence-corrected chi connectivity index (χ4v) is 2.18. The Balaban J connectivity index is 1.67. The average Bonchev–Trinajstić information content (AvgIpc) is 2.63. The van der Waals surface area contributed by atoms with Gasteiger partial charge in [-0.25, -0.2) is 4.39 Å². The first-order valence-corrected chi connectivity index (χ1v) is 8.13. The second-order valence-electron chi connectivity index (χ2n) is 5.15. The van der Waals surface area contributed by atoms with E-state index in [-0.39, 0.29) is 18.2 Å². The van der Waals surface area contributed by atoms with Crippen molar-refractivity contribution in [1.82, 2.24) is 0 Å². The lowest BCUT2D eigenvalue weighted by Gasteiger charge is -2.12. The summed E-state index contributed by atoms with van der Waals surface area (Å²) in [6.45, 7) is 3.39.